The van der Waals surface area contributed by atoms with Gasteiger partial charge in [-0.25, -0.2) is 0 Å². The Balaban J connectivity index is 0.000000569. The zero-order valence-corrected chi connectivity index (χ0v) is 18.3. The summed E-state index contributed by atoms with van der Waals surface area (Å²) in [6, 6.07) is 28.6. The van der Waals surface area contributed by atoms with E-state index in [0.717, 1.165) is 0 Å². The van der Waals surface area contributed by atoms with Crippen molar-refractivity contribution >= 4 is 46.9 Å². The van der Waals surface area contributed by atoms with E-state index in [4.69, 9.17) is 17.0 Å². The van der Waals surface area contributed by atoms with E-state index in [-0.39, 0.29) is 0 Å². The van der Waals surface area contributed by atoms with E-state index >= 15 is 0 Å². The fourth-order valence-electron chi connectivity index (χ4n) is 2.85. The summed E-state index contributed by atoms with van der Waals surface area (Å²) >= 11 is -0.826. The van der Waals surface area contributed by atoms with Gasteiger partial charge in [-0.2, -0.15) is 0 Å². The van der Waals surface area contributed by atoms with Gasteiger partial charge in [-0.1, -0.05) is 84.9 Å². The first-order valence-corrected chi connectivity index (χ1v) is 15.5. The van der Waals surface area contributed by atoms with Crippen LogP contribution in [0.2, 0.25) is 0 Å². The molecule has 0 aliphatic heterocycles. The van der Waals surface area contributed by atoms with E-state index in [1.54, 1.807) is 0 Å². The first-order valence-electron chi connectivity index (χ1n) is 7.85. The molecule has 0 saturated carbocycles. The molecule has 0 N–H and O–H groups in total. The van der Waals surface area contributed by atoms with Crippen LogP contribution in [0.5, 0.6) is 0 Å². The molecular formula is C21H16Cl2PZr. The monoisotopic (exact) mass is 459 g/mol. The number of fused-ring (bicyclic) bond motifs is 1. The van der Waals surface area contributed by atoms with Crippen LogP contribution in [0.1, 0.15) is 11.1 Å². The maximum atomic E-state index is 4.93. The van der Waals surface area contributed by atoms with Crippen molar-refractivity contribution in [3.8, 4) is 0 Å². The van der Waals surface area contributed by atoms with Crippen molar-refractivity contribution in [2.45, 2.75) is 0 Å². The molecule has 0 amide bonds. The van der Waals surface area contributed by atoms with Crippen molar-refractivity contribution in [2.75, 3.05) is 0 Å². The third-order valence-corrected chi connectivity index (χ3v) is 6.33. The summed E-state index contributed by atoms with van der Waals surface area (Å²) in [6.45, 7) is 0. The van der Waals surface area contributed by atoms with Crippen LogP contribution < -0.4 is 15.9 Å². The predicted octanol–water partition coefficient (Wildman–Crippen LogP) is 5.40. The topological polar surface area (TPSA) is 0 Å². The van der Waals surface area contributed by atoms with E-state index < -0.39 is 28.8 Å². The second-order valence-electron chi connectivity index (χ2n) is 5.42. The van der Waals surface area contributed by atoms with Crippen molar-refractivity contribution in [1.29, 1.82) is 0 Å². The van der Waals surface area contributed by atoms with Gasteiger partial charge in [-0.15, -0.1) is 0 Å². The molecule has 0 spiro atoms. The van der Waals surface area contributed by atoms with Crippen LogP contribution in [0, 0.1) is 6.42 Å². The molecule has 4 heteroatoms. The molecule has 3 aromatic rings. The molecule has 1 radical (unpaired) electrons. The van der Waals surface area contributed by atoms with Gasteiger partial charge in [0, 0.05) is 6.42 Å². The molecule has 1 aliphatic rings. The van der Waals surface area contributed by atoms with Crippen LogP contribution in [0.25, 0.3) is 6.08 Å². The molecule has 3 aromatic carbocycles. The minimum absolute atomic E-state index is 0.500. The molecule has 0 bridgehead atoms. The fourth-order valence-corrected chi connectivity index (χ4v) is 5.18. The van der Waals surface area contributed by atoms with Gasteiger partial charge in [0.2, 0.25) is 0 Å². The van der Waals surface area contributed by atoms with Gasteiger partial charge in [0.25, 0.3) is 0 Å². The summed E-state index contributed by atoms with van der Waals surface area (Å²) in [6.07, 6.45) is 6.50. The number of hydrogen-bond donors (Lipinski definition) is 0. The van der Waals surface area contributed by atoms with Crippen LogP contribution in [0.15, 0.2) is 84.9 Å². The molecule has 123 valence electrons. The zero-order chi connectivity index (χ0) is 17.5. The van der Waals surface area contributed by atoms with Crippen LogP contribution in [0.4, 0.5) is 0 Å². The zero-order valence-electron chi connectivity index (χ0n) is 13.4. The summed E-state index contributed by atoms with van der Waals surface area (Å²) in [5.74, 6) is 0. The number of rotatable bonds is 3. The summed E-state index contributed by atoms with van der Waals surface area (Å²) in [4.78, 5) is 0. The minimum atomic E-state index is -0.826. The quantitative estimate of drug-likeness (QED) is 0.458. The summed E-state index contributed by atoms with van der Waals surface area (Å²) in [7, 11) is 9.37. The van der Waals surface area contributed by atoms with Crippen molar-refractivity contribution in [3.63, 3.8) is 0 Å². The van der Waals surface area contributed by atoms with Crippen molar-refractivity contribution in [3.05, 3.63) is 102 Å². The Bertz CT molecular complexity index is 796. The Labute approximate surface area is 169 Å². The van der Waals surface area contributed by atoms with E-state index in [2.05, 4.69) is 97.4 Å². The first kappa shape index (κ1) is 19.1. The van der Waals surface area contributed by atoms with Crippen LogP contribution in [0.3, 0.4) is 0 Å². The van der Waals surface area contributed by atoms with Gasteiger partial charge in [0.1, 0.15) is 0 Å². The van der Waals surface area contributed by atoms with Crippen molar-refractivity contribution < 1.29 is 20.8 Å². The van der Waals surface area contributed by atoms with Gasteiger partial charge < -0.3 is 0 Å². The predicted molar refractivity (Wildman–Crippen MR) is 109 cm³/mol. The number of hydrogen-bond acceptors (Lipinski definition) is 0. The van der Waals surface area contributed by atoms with Gasteiger partial charge >= 0.3 is 37.9 Å². The molecule has 0 saturated heterocycles. The van der Waals surface area contributed by atoms with Crippen molar-refractivity contribution in [1.82, 2.24) is 0 Å². The van der Waals surface area contributed by atoms with E-state index in [9.17, 15) is 0 Å². The molecule has 0 unspecified atom stereocenters. The van der Waals surface area contributed by atoms with Gasteiger partial charge in [-0.05, 0) is 41.0 Å². The normalized spacial score (nSPS) is 11.6. The number of benzene rings is 3. The molecular weight excluding hydrogens is 445 g/mol. The summed E-state index contributed by atoms with van der Waals surface area (Å²) < 4.78 is 0. The summed E-state index contributed by atoms with van der Waals surface area (Å²) in [5.41, 5.74) is 2.65. The van der Waals surface area contributed by atoms with Crippen LogP contribution >= 0.6 is 24.9 Å². The Morgan fingerprint density at radius 2 is 1.20 bits per heavy atom. The van der Waals surface area contributed by atoms with Crippen LogP contribution in [-0.4, -0.2) is 0 Å². The summed E-state index contributed by atoms with van der Waals surface area (Å²) in [5, 5.41) is 4.20. The Morgan fingerprint density at radius 3 is 1.76 bits per heavy atom. The van der Waals surface area contributed by atoms with E-state index in [1.807, 2.05) is 0 Å². The van der Waals surface area contributed by atoms with Crippen molar-refractivity contribution in [2.24, 2.45) is 0 Å². The molecule has 0 atom stereocenters. The molecule has 0 fully saturated rings. The maximum absolute atomic E-state index is 4.93. The Morgan fingerprint density at radius 1 is 0.640 bits per heavy atom. The number of allylic oxidation sites excluding steroid dienone is 1. The Hall–Kier alpha value is -0.707. The van der Waals surface area contributed by atoms with Gasteiger partial charge in [0.15, 0.2) is 0 Å². The first-order chi connectivity index (χ1) is 12.3. The molecule has 1 aliphatic carbocycles. The molecule has 0 nitrogen and oxygen atoms in total. The molecule has 25 heavy (non-hydrogen) atoms. The van der Waals surface area contributed by atoms with E-state index in [0.29, 0.717) is 0 Å². The van der Waals surface area contributed by atoms with E-state index in [1.165, 1.54) is 27.0 Å². The molecule has 4 rings (SSSR count). The van der Waals surface area contributed by atoms with Gasteiger partial charge in [-0.3, -0.25) is 0 Å². The second kappa shape index (κ2) is 9.84. The average Bonchev–Trinajstić information content (AvgIpc) is 3.12. The molecule has 0 heterocycles. The standard InChI is InChI=1S/C21H16P.2ClH.Zr/c1-3-10-19(11-4-1)22(20-12-5-2-6-13-20)21-15-14-17-8-7-9-18(17)16-21;;;/h1-16H;2*1H;/q;;;+2/p-2. The van der Waals surface area contributed by atoms with Gasteiger partial charge in [0.05, 0.1) is 0 Å². The van der Waals surface area contributed by atoms with Crippen LogP contribution in [-0.2, 0) is 20.8 Å². The average molecular weight is 461 g/mol. The Kier molecular flexibility index (Phi) is 7.51. The SMILES string of the molecule is [CH]1C=Cc2cc(P(c3ccccc3)c3ccccc3)ccc21.[Cl][Zr][Cl]. The second-order valence-corrected chi connectivity index (χ2v) is 11.4. The molecule has 0 aromatic heterocycles. The fraction of sp³-hybridized carbons (Fsp3) is 0. The number of halogens is 2. The third kappa shape index (κ3) is 4.93. The third-order valence-electron chi connectivity index (χ3n) is 3.91.